The number of rotatable bonds is 2. The van der Waals surface area contributed by atoms with E-state index in [1.54, 1.807) is 11.8 Å². The molecule has 0 spiro atoms. The Hall–Kier alpha value is -4.08. The van der Waals surface area contributed by atoms with Crippen molar-refractivity contribution in [3.63, 3.8) is 0 Å². The summed E-state index contributed by atoms with van der Waals surface area (Å²) in [6.07, 6.45) is 1.87. The predicted molar refractivity (Wildman–Crippen MR) is 105 cm³/mol. The molecular weight excluding hydrogens is 388 g/mol. The fourth-order valence-electron chi connectivity index (χ4n) is 3.73. The number of nitrogens with zero attached hydrogens (tertiary/aromatic N) is 4. The van der Waals surface area contributed by atoms with E-state index < -0.39 is 17.3 Å². The SMILES string of the molecule is Cc1nnc(C2Cc3ccccc3CN2C(=O)c2cnc3[nH]c(=O)[nH]c(=O)c3c2)o1. The van der Waals surface area contributed by atoms with Crippen LogP contribution in [0, 0.1) is 6.92 Å². The summed E-state index contributed by atoms with van der Waals surface area (Å²) in [6.45, 7) is 2.04. The normalized spacial score (nSPS) is 15.9. The van der Waals surface area contributed by atoms with Gasteiger partial charge in [0.1, 0.15) is 11.7 Å². The van der Waals surface area contributed by atoms with Gasteiger partial charge in [0, 0.05) is 26.1 Å². The van der Waals surface area contributed by atoms with Crippen molar-refractivity contribution in [2.24, 2.45) is 0 Å². The average molecular weight is 404 g/mol. The molecule has 3 aromatic heterocycles. The number of aromatic amines is 2. The number of aromatic nitrogens is 5. The number of aryl methyl sites for hydroxylation is 1. The summed E-state index contributed by atoms with van der Waals surface area (Å²) >= 11 is 0. The molecule has 1 unspecified atom stereocenters. The van der Waals surface area contributed by atoms with Crippen LogP contribution in [0.25, 0.3) is 11.0 Å². The van der Waals surface area contributed by atoms with E-state index in [0.717, 1.165) is 11.1 Å². The summed E-state index contributed by atoms with van der Waals surface area (Å²) in [5.41, 5.74) is 1.21. The van der Waals surface area contributed by atoms with Gasteiger partial charge in [0.05, 0.1) is 10.9 Å². The van der Waals surface area contributed by atoms with Gasteiger partial charge in [-0.15, -0.1) is 10.2 Å². The minimum atomic E-state index is -0.654. The minimum Gasteiger partial charge on any atom is -0.423 e. The molecule has 1 amide bonds. The van der Waals surface area contributed by atoms with Crippen molar-refractivity contribution < 1.29 is 9.21 Å². The van der Waals surface area contributed by atoms with Gasteiger partial charge in [-0.1, -0.05) is 24.3 Å². The Morgan fingerprint density at radius 3 is 2.73 bits per heavy atom. The Morgan fingerprint density at radius 2 is 1.97 bits per heavy atom. The highest BCUT2D eigenvalue weighted by atomic mass is 16.4. The minimum absolute atomic E-state index is 0.119. The third kappa shape index (κ3) is 2.98. The molecule has 10 heteroatoms. The number of hydrogen-bond donors (Lipinski definition) is 2. The van der Waals surface area contributed by atoms with Crippen molar-refractivity contribution in [3.8, 4) is 0 Å². The first kappa shape index (κ1) is 18.0. The molecule has 10 nitrogen and oxygen atoms in total. The standard InChI is InChI=1S/C20H16N6O4/c1-10-24-25-18(30-10)15-7-11-4-2-3-5-12(11)9-26(15)19(28)13-6-14-16(21-8-13)22-20(29)23-17(14)27/h2-6,8,15H,7,9H2,1H3,(H2,21,22,23,27,29). The monoisotopic (exact) mass is 404 g/mol. The van der Waals surface area contributed by atoms with Gasteiger partial charge in [0.25, 0.3) is 11.5 Å². The van der Waals surface area contributed by atoms with E-state index in [1.165, 1.54) is 12.3 Å². The van der Waals surface area contributed by atoms with Crippen LogP contribution in [0.4, 0.5) is 0 Å². The van der Waals surface area contributed by atoms with Crippen molar-refractivity contribution >= 4 is 16.9 Å². The van der Waals surface area contributed by atoms with Gasteiger partial charge < -0.3 is 9.32 Å². The first-order chi connectivity index (χ1) is 14.5. The first-order valence-corrected chi connectivity index (χ1v) is 9.30. The number of hydrogen-bond acceptors (Lipinski definition) is 7. The molecule has 1 atom stereocenters. The number of benzene rings is 1. The fraction of sp³-hybridized carbons (Fsp3) is 0.200. The molecule has 150 valence electrons. The van der Waals surface area contributed by atoms with Crippen molar-refractivity contribution in [2.45, 2.75) is 25.9 Å². The van der Waals surface area contributed by atoms with Crippen molar-refractivity contribution in [2.75, 3.05) is 0 Å². The smallest absolute Gasteiger partial charge is 0.327 e. The van der Waals surface area contributed by atoms with Gasteiger partial charge in [-0.2, -0.15) is 0 Å². The number of pyridine rings is 1. The summed E-state index contributed by atoms with van der Waals surface area (Å²) in [6, 6.07) is 8.84. The van der Waals surface area contributed by atoms with E-state index in [2.05, 4.69) is 25.1 Å². The summed E-state index contributed by atoms with van der Waals surface area (Å²) in [7, 11) is 0. The largest absolute Gasteiger partial charge is 0.423 e. The van der Waals surface area contributed by atoms with Crippen LogP contribution in [0.2, 0.25) is 0 Å². The number of carbonyl (C=O) groups excluding carboxylic acids is 1. The van der Waals surface area contributed by atoms with Crippen molar-refractivity contribution in [1.29, 1.82) is 0 Å². The molecule has 1 aliphatic heterocycles. The van der Waals surface area contributed by atoms with Gasteiger partial charge >= 0.3 is 5.69 Å². The van der Waals surface area contributed by atoms with Gasteiger partial charge in [0.15, 0.2) is 0 Å². The summed E-state index contributed by atoms with van der Waals surface area (Å²) < 4.78 is 5.63. The van der Waals surface area contributed by atoms with Crippen LogP contribution in [-0.2, 0) is 13.0 Å². The zero-order chi connectivity index (χ0) is 20.8. The molecule has 4 heterocycles. The second kappa shape index (κ2) is 6.76. The number of fused-ring (bicyclic) bond motifs is 2. The molecule has 0 radical (unpaired) electrons. The van der Waals surface area contributed by atoms with Crippen LogP contribution in [0.5, 0.6) is 0 Å². The van der Waals surface area contributed by atoms with Crippen LogP contribution in [0.15, 0.2) is 50.5 Å². The highest BCUT2D eigenvalue weighted by molar-refractivity contribution is 5.97. The van der Waals surface area contributed by atoms with E-state index in [4.69, 9.17) is 4.42 Å². The van der Waals surface area contributed by atoms with E-state index in [9.17, 15) is 14.4 Å². The first-order valence-electron chi connectivity index (χ1n) is 9.30. The number of carbonyl (C=O) groups is 1. The lowest BCUT2D eigenvalue weighted by atomic mass is 9.93. The van der Waals surface area contributed by atoms with Crippen molar-refractivity contribution in [3.05, 3.63) is 85.8 Å². The molecule has 0 saturated carbocycles. The van der Waals surface area contributed by atoms with Crippen LogP contribution < -0.4 is 11.2 Å². The highest BCUT2D eigenvalue weighted by Gasteiger charge is 2.35. The Balaban J connectivity index is 1.59. The van der Waals surface area contributed by atoms with Gasteiger partial charge in [-0.05, 0) is 17.2 Å². The molecule has 0 bridgehead atoms. The maximum atomic E-state index is 13.4. The number of H-pyrrole nitrogens is 2. The predicted octanol–water partition coefficient (Wildman–Crippen LogP) is 1.24. The fourth-order valence-corrected chi connectivity index (χ4v) is 3.73. The lowest BCUT2D eigenvalue weighted by molar-refractivity contribution is 0.0602. The molecular formula is C20H16N6O4. The molecule has 0 fully saturated rings. The molecule has 0 saturated heterocycles. The quantitative estimate of drug-likeness (QED) is 0.513. The second-order valence-corrected chi connectivity index (χ2v) is 7.11. The van der Waals surface area contributed by atoms with Crippen LogP contribution >= 0.6 is 0 Å². The number of amides is 1. The van der Waals surface area contributed by atoms with Gasteiger partial charge in [-0.3, -0.25) is 19.6 Å². The van der Waals surface area contributed by atoms with Crippen LogP contribution in [-0.4, -0.2) is 36.0 Å². The zero-order valence-corrected chi connectivity index (χ0v) is 15.9. The topological polar surface area (TPSA) is 138 Å². The Morgan fingerprint density at radius 1 is 1.17 bits per heavy atom. The Bertz CT molecular complexity index is 1400. The van der Waals surface area contributed by atoms with Gasteiger partial charge in [0.2, 0.25) is 11.8 Å². The molecule has 1 aromatic carbocycles. The summed E-state index contributed by atoms with van der Waals surface area (Å²) in [5.74, 6) is 0.441. The molecule has 5 rings (SSSR count). The van der Waals surface area contributed by atoms with E-state index in [0.29, 0.717) is 24.7 Å². The highest BCUT2D eigenvalue weighted by Crippen LogP contribution is 2.33. The zero-order valence-electron chi connectivity index (χ0n) is 15.9. The summed E-state index contributed by atoms with van der Waals surface area (Å²) in [4.78, 5) is 47.3. The Kier molecular flexibility index (Phi) is 4.05. The lowest BCUT2D eigenvalue weighted by Gasteiger charge is -2.35. The molecule has 1 aliphatic rings. The molecule has 2 N–H and O–H groups in total. The van der Waals surface area contributed by atoms with Crippen LogP contribution in [0.1, 0.15) is 39.3 Å². The third-order valence-electron chi connectivity index (χ3n) is 5.17. The average Bonchev–Trinajstić information content (AvgIpc) is 3.18. The van der Waals surface area contributed by atoms with Crippen LogP contribution in [0.3, 0.4) is 0 Å². The Labute approximate surface area is 168 Å². The lowest BCUT2D eigenvalue weighted by Crippen LogP contribution is -2.39. The van der Waals surface area contributed by atoms with E-state index in [1.807, 2.05) is 24.3 Å². The second-order valence-electron chi connectivity index (χ2n) is 7.11. The van der Waals surface area contributed by atoms with E-state index >= 15 is 0 Å². The maximum Gasteiger partial charge on any atom is 0.327 e. The maximum absolute atomic E-state index is 13.4. The number of nitrogens with one attached hydrogen (secondary N) is 2. The molecule has 30 heavy (non-hydrogen) atoms. The van der Waals surface area contributed by atoms with Gasteiger partial charge in [-0.25, -0.2) is 9.78 Å². The van der Waals surface area contributed by atoms with E-state index in [-0.39, 0.29) is 22.5 Å². The third-order valence-corrected chi connectivity index (χ3v) is 5.17. The summed E-state index contributed by atoms with van der Waals surface area (Å²) in [5, 5.41) is 8.15. The van der Waals surface area contributed by atoms with Crippen molar-refractivity contribution in [1.82, 2.24) is 30.0 Å². The molecule has 4 aromatic rings. The molecule has 0 aliphatic carbocycles.